The standard InChI is InChI=1S/C33H52/c1-19(2)26-15-28(21(5)6)32(29(16-26)22(7)8)14-25(13)33-30(23(9)10)17-27(20(3)4)18-31(33)24(11)12/h15-25H,14H2,1-13H3. The van der Waals surface area contributed by atoms with Crippen LogP contribution in [0.15, 0.2) is 24.3 Å². The molecular formula is C33H52. The lowest BCUT2D eigenvalue weighted by molar-refractivity contribution is 0.674. The Morgan fingerprint density at radius 2 is 0.727 bits per heavy atom. The van der Waals surface area contributed by atoms with E-state index in [9.17, 15) is 0 Å². The number of benzene rings is 2. The molecule has 33 heavy (non-hydrogen) atoms. The van der Waals surface area contributed by atoms with Crippen LogP contribution >= 0.6 is 0 Å². The number of rotatable bonds is 9. The highest BCUT2D eigenvalue weighted by Crippen LogP contribution is 2.40. The second-order valence-corrected chi connectivity index (χ2v) is 12.3. The van der Waals surface area contributed by atoms with E-state index in [1.807, 2.05) is 0 Å². The van der Waals surface area contributed by atoms with Gasteiger partial charge in [-0.3, -0.25) is 0 Å². The summed E-state index contributed by atoms with van der Waals surface area (Å²) in [4.78, 5) is 0. The third kappa shape index (κ3) is 6.32. The molecule has 0 aliphatic rings. The Morgan fingerprint density at radius 1 is 0.424 bits per heavy atom. The van der Waals surface area contributed by atoms with Crippen molar-refractivity contribution in [3.8, 4) is 0 Å². The van der Waals surface area contributed by atoms with E-state index in [4.69, 9.17) is 0 Å². The summed E-state index contributed by atoms with van der Waals surface area (Å²) in [5.74, 6) is 3.79. The van der Waals surface area contributed by atoms with E-state index in [2.05, 4.69) is 114 Å². The highest BCUT2D eigenvalue weighted by Gasteiger charge is 2.24. The van der Waals surface area contributed by atoms with Crippen LogP contribution in [0.1, 0.15) is 176 Å². The molecule has 2 aromatic carbocycles. The van der Waals surface area contributed by atoms with E-state index in [1.54, 1.807) is 33.4 Å². The summed E-state index contributed by atoms with van der Waals surface area (Å²) in [6.45, 7) is 30.7. The molecule has 0 heterocycles. The lowest BCUT2D eigenvalue weighted by Gasteiger charge is -2.29. The zero-order valence-corrected chi connectivity index (χ0v) is 24.1. The molecule has 0 saturated heterocycles. The molecule has 0 heteroatoms. The van der Waals surface area contributed by atoms with Crippen LogP contribution < -0.4 is 0 Å². The molecule has 0 spiro atoms. The minimum Gasteiger partial charge on any atom is -0.0587 e. The summed E-state index contributed by atoms with van der Waals surface area (Å²) in [5, 5.41) is 0. The molecule has 0 bridgehead atoms. The molecule has 2 rings (SSSR count). The van der Waals surface area contributed by atoms with Gasteiger partial charge in [-0.2, -0.15) is 0 Å². The maximum atomic E-state index is 2.52. The molecule has 0 fully saturated rings. The quantitative estimate of drug-likeness (QED) is 0.358. The Balaban J connectivity index is 2.73. The van der Waals surface area contributed by atoms with Gasteiger partial charge >= 0.3 is 0 Å². The minimum absolute atomic E-state index is 0.501. The monoisotopic (exact) mass is 448 g/mol. The van der Waals surface area contributed by atoms with Crippen molar-refractivity contribution in [1.29, 1.82) is 0 Å². The van der Waals surface area contributed by atoms with Gasteiger partial charge in [0.05, 0.1) is 0 Å². The van der Waals surface area contributed by atoms with Gasteiger partial charge in [-0.15, -0.1) is 0 Å². The predicted molar refractivity (Wildman–Crippen MR) is 150 cm³/mol. The molecule has 0 N–H and O–H groups in total. The van der Waals surface area contributed by atoms with Crippen LogP contribution in [-0.4, -0.2) is 0 Å². The molecule has 2 aromatic rings. The van der Waals surface area contributed by atoms with Crippen LogP contribution in [0.25, 0.3) is 0 Å². The van der Waals surface area contributed by atoms with Crippen LogP contribution in [0.5, 0.6) is 0 Å². The minimum atomic E-state index is 0.501. The third-order valence-corrected chi connectivity index (χ3v) is 7.43. The highest BCUT2D eigenvalue weighted by molar-refractivity contribution is 5.49. The van der Waals surface area contributed by atoms with Gasteiger partial charge in [0.1, 0.15) is 0 Å². The number of hydrogen-bond donors (Lipinski definition) is 0. The van der Waals surface area contributed by atoms with Gasteiger partial charge in [0.15, 0.2) is 0 Å². The first-order valence-corrected chi connectivity index (χ1v) is 13.6. The topological polar surface area (TPSA) is 0 Å². The van der Waals surface area contributed by atoms with Crippen molar-refractivity contribution in [2.45, 2.75) is 138 Å². The van der Waals surface area contributed by atoms with Gasteiger partial charge in [0.25, 0.3) is 0 Å². The average molecular weight is 449 g/mol. The van der Waals surface area contributed by atoms with Crippen LogP contribution in [0.3, 0.4) is 0 Å². The first-order chi connectivity index (χ1) is 15.3. The Hall–Kier alpha value is -1.56. The molecule has 1 atom stereocenters. The maximum Gasteiger partial charge on any atom is -0.0144 e. The van der Waals surface area contributed by atoms with Crippen LogP contribution in [0.4, 0.5) is 0 Å². The average Bonchev–Trinajstić information content (AvgIpc) is 2.71. The first kappa shape index (κ1) is 27.7. The fourth-order valence-corrected chi connectivity index (χ4v) is 5.33. The van der Waals surface area contributed by atoms with E-state index in [-0.39, 0.29) is 0 Å². The predicted octanol–water partition coefficient (Wildman–Crippen LogP) is 10.8. The summed E-state index contributed by atoms with van der Waals surface area (Å²) in [6, 6.07) is 10.1. The van der Waals surface area contributed by atoms with E-state index in [1.165, 1.54) is 11.1 Å². The van der Waals surface area contributed by atoms with Gasteiger partial charge in [0.2, 0.25) is 0 Å². The van der Waals surface area contributed by atoms with E-state index in [0.29, 0.717) is 41.4 Å². The van der Waals surface area contributed by atoms with Gasteiger partial charge in [-0.05, 0) is 92.4 Å². The normalized spacial score (nSPS) is 13.4. The van der Waals surface area contributed by atoms with Crippen molar-refractivity contribution in [2.24, 2.45) is 0 Å². The van der Waals surface area contributed by atoms with Crippen molar-refractivity contribution in [3.63, 3.8) is 0 Å². The van der Waals surface area contributed by atoms with Crippen molar-refractivity contribution in [3.05, 3.63) is 68.8 Å². The number of hydrogen-bond acceptors (Lipinski definition) is 0. The van der Waals surface area contributed by atoms with Crippen LogP contribution in [0, 0.1) is 0 Å². The van der Waals surface area contributed by atoms with Crippen molar-refractivity contribution < 1.29 is 0 Å². The Bertz CT molecular complexity index is 863. The van der Waals surface area contributed by atoms with Crippen molar-refractivity contribution in [1.82, 2.24) is 0 Å². The zero-order chi connectivity index (χ0) is 25.2. The van der Waals surface area contributed by atoms with E-state index >= 15 is 0 Å². The van der Waals surface area contributed by atoms with E-state index < -0.39 is 0 Å². The molecule has 1 unspecified atom stereocenters. The molecule has 0 radical (unpaired) electrons. The fraction of sp³-hybridized carbons (Fsp3) is 0.636. The summed E-state index contributed by atoms with van der Waals surface area (Å²) in [5.41, 5.74) is 12.5. The molecule has 0 aliphatic carbocycles. The van der Waals surface area contributed by atoms with Gasteiger partial charge in [-0.25, -0.2) is 0 Å². The smallest absolute Gasteiger partial charge is 0.0144 e. The fourth-order valence-electron chi connectivity index (χ4n) is 5.33. The van der Waals surface area contributed by atoms with Crippen LogP contribution in [-0.2, 0) is 6.42 Å². The van der Waals surface area contributed by atoms with Crippen molar-refractivity contribution in [2.75, 3.05) is 0 Å². The summed E-state index contributed by atoms with van der Waals surface area (Å²) < 4.78 is 0. The lowest BCUT2D eigenvalue weighted by atomic mass is 9.75. The highest BCUT2D eigenvalue weighted by atomic mass is 14.3. The lowest BCUT2D eigenvalue weighted by Crippen LogP contribution is -2.14. The molecular weight excluding hydrogens is 396 g/mol. The largest absolute Gasteiger partial charge is 0.0587 e. The third-order valence-electron chi connectivity index (χ3n) is 7.43. The molecule has 0 saturated carbocycles. The summed E-state index contributed by atoms with van der Waals surface area (Å²) >= 11 is 0. The van der Waals surface area contributed by atoms with Crippen molar-refractivity contribution >= 4 is 0 Å². The molecule has 184 valence electrons. The molecule has 0 aliphatic heterocycles. The van der Waals surface area contributed by atoms with E-state index in [0.717, 1.165) is 6.42 Å². The van der Waals surface area contributed by atoms with Gasteiger partial charge in [0, 0.05) is 0 Å². The van der Waals surface area contributed by atoms with Gasteiger partial charge < -0.3 is 0 Å². The first-order valence-electron chi connectivity index (χ1n) is 13.6. The summed E-state index contributed by atoms with van der Waals surface area (Å²) in [6.07, 6.45) is 1.12. The second-order valence-electron chi connectivity index (χ2n) is 12.3. The Kier molecular flexibility index (Phi) is 9.43. The maximum absolute atomic E-state index is 2.52. The molecule has 0 aromatic heterocycles. The summed E-state index contributed by atoms with van der Waals surface area (Å²) in [7, 11) is 0. The molecule has 0 nitrogen and oxygen atoms in total. The Morgan fingerprint density at radius 3 is 1.00 bits per heavy atom. The van der Waals surface area contributed by atoms with Crippen LogP contribution in [0.2, 0.25) is 0 Å². The Labute approximate surface area is 206 Å². The second kappa shape index (κ2) is 11.2. The van der Waals surface area contributed by atoms with Gasteiger partial charge in [-0.1, -0.05) is 114 Å². The zero-order valence-electron chi connectivity index (χ0n) is 24.1. The molecule has 0 amide bonds. The SMILES string of the molecule is CC(C)c1cc(C(C)C)c(CC(C)c2c(C(C)C)cc(C(C)C)cc2C(C)C)c(C(C)C)c1.